The number of amides is 1. The number of fused-ring (bicyclic) bond motifs is 1. The molecule has 7 nitrogen and oxygen atoms in total. The van der Waals surface area contributed by atoms with E-state index in [1.54, 1.807) is 11.6 Å². The molecule has 0 saturated carbocycles. The predicted molar refractivity (Wildman–Crippen MR) is 83.2 cm³/mol. The summed E-state index contributed by atoms with van der Waals surface area (Å²) in [7, 11) is -3.94. The zero-order valence-electron chi connectivity index (χ0n) is 12.0. The molecule has 1 amide bonds. The number of carbonyl (C=O) groups excluding carboxylic acids is 1. The summed E-state index contributed by atoms with van der Waals surface area (Å²) in [6, 6.07) is 4.25. The predicted octanol–water partition coefficient (Wildman–Crippen LogP) is 1.35. The molecule has 0 saturated heterocycles. The third kappa shape index (κ3) is 3.80. The number of aromatic nitrogens is 1. The molecule has 1 aliphatic rings. The van der Waals surface area contributed by atoms with Crippen LogP contribution in [0.3, 0.4) is 0 Å². The maximum atomic E-state index is 12.2. The van der Waals surface area contributed by atoms with Crippen LogP contribution in [0.15, 0.2) is 34.7 Å². The van der Waals surface area contributed by atoms with Gasteiger partial charge >= 0.3 is 0 Å². The van der Waals surface area contributed by atoms with Crippen LogP contribution < -0.4 is 14.2 Å². The Kier molecular flexibility index (Phi) is 4.49. The molecule has 122 valence electrons. The maximum absolute atomic E-state index is 12.2. The van der Waals surface area contributed by atoms with Gasteiger partial charge in [-0.25, -0.2) is 18.1 Å². The number of thiazole rings is 1. The van der Waals surface area contributed by atoms with Crippen molar-refractivity contribution in [3.63, 3.8) is 0 Å². The minimum atomic E-state index is -3.94. The fourth-order valence-corrected chi connectivity index (χ4v) is 3.70. The van der Waals surface area contributed by atoms with Crippen molar-refractivity contribution in [1.29, 1.82) is 0 Å². The van der Waals surface area contributed by atoms with E-state index in [4.69, 9.17) is 9.47 Å². The highest BCUT2D eigenvalue weighted by Crippen LogP contribution is 2.32. The van der Waals surface area contributed by atoms with Crippen molar-refractivity contribution in [3.8, 4) is 11.5 Å². The summed E-state index contributed by atoms with van der Waals surface area (Å²) in [4.78, 5) is 15.9. The second-order valence-corrected chi connectivity index (χ2v) is 7.42. The third-order valence-electron chi connectivity index (χ3n) is 3.12. The van der Waals surface area contributed by atoms with Gasteiger partial charge in [-0.05, 0) is 12.1 Å². The molecule has 2 heterocycles. The van der Waals surface area contributed by atoms with Crippen LogP contribution in [0.5, 0.6) is 11.5 Å². The minimum Gasteiger partial charge on any atom is -0.486 e. The molecule has 0 spiro atoms. The molecule has 0 fully saturated rings. The van der Waals surface area contributed by atoms with Gasteiger partial charge in [0.25, 0.3) is 10.0 Å². The summed E-state index contributed by atoms with van der Waals surface area (Å²) in [5, 5.41) is 2.59. The lowest BCUT2D eigenvalue weighted by Crippen LogP contribution is -2.30. The molecule has 0 atom stereocenters. The number of sulfonamides is 1. The van der Waals surface area contributed by atoms with Gasteiger partial charge in [0.2, 0.25) is 5.91 Å². The first kappa shape index (κ1) is 15.8. The van der Waals surface area contributed by atoms with Crippen molar-refractivity contribution >= 4 is 27.3 Å². The molecule has 23 heavy (non-hydrogen) atoms. The van der Waals surface area contributed by atoms with Crippen LogP contribution in [0, 0.1) is 0 Å². The number of rotatable bonds is 5. The molecule has 0 unspecified atom stereocenters. The highest BCUT2D eigenvalue weighted by Gasteiger charge is 2.21. The third-order valence-corrected chi connectivity index (χ3v) is 5.33. The average molecular weight is 354 g/mol. The number of hydrogen-bond donors (Lipinski definition) is 1. The van der Waals surface area contributed by atoms with Crippen molar-refractivity contribution in [1.82, 2.24) is 9.71 Å². The van der Waals surface area contributed by atoms with Gasteiger partial charge in [0, 0.05) is 30.5 Å². The topological polar surface area (TPSA) is 94.6 Å². The second kappa shape index (κ2) is 6.55. The summed E-state index contributed by atoms with van der Waals surface area (Å²) in [6.45, 7) is 0.781. The van der Waals surface area contributed by atoms with Crippen molar-refractivity contribution < 1.29 is 22.7 Å². The first-order valence-corrected chi connectivity index (χ1v) is 9.24. The Balaban J connectivity index is 1.67. The zero-order chi connectivity index (χ0) is 16.3. The molecule has 1 N–H and O–H groups in total. The van der Waals surface area contributed by atoms with Crippen LogP contribution >= 0.6 is 11.3 Å². The van der Waals surface area contributed by atoms with Crippen molar-refractivity contribution in [2.75, 3.05) is 13.2 Å². The van der Waals surface area contributed by atoms with Gasteiger partial charge < -0.3 is 9.47 Å². The number of aryl methyl sites for hydroxylation is 1. The Morgan fingerprint density at radius 1 is 1.26 bits per heavy atom. The summed E-state index contributed by atoms with van der Waals surface area (Å²) in [5.74, 6) is 0.273. The molecule has 9 heteroatoms. The quantitative estimate of drug-likeness (QED) is 0.871. The van der Waals surface area contributed by atoms with Crippen molar-refractivity contribution in [2.45, 2.75) is 17.7 Å². The van der Waals surface area contributed by atoms with Crippen molar-refractivity contribution in [3.05, 3.63) is 34.8 Å². The first-order valence-electron chi connectivity index (χ1n) is 6.88. The summed E-state index contributed by atoms with van der Waals surface area (Å²) < 4.78 is 37.2. The van der Waals surface area contributed by atoms with Gasteiger partial charge in [0.15, 0.2) is 11.5 Å². The minimum absolute atomic E-state index is 0.0376. The monoisotopic (exact) mass is 354 g/mol. The van der Waals surface area contributed by atoms with Crippen molar-refractivity contribution in [2.24, 2.45) is 0 Å². The Labute approximate surface area is 137 Å². The van der Waals surface area contributed by atoms with Crippen LogP contribution in [-0.4, -0.2) is 32.5 Å². The van der Waals surface area contributed by atoms with Gasteiger partial charge in [-0.1, -0.05) is 0 Å². The van der Waals surface area contributed by atoms with E-state index in [0.717, 1.165) is 5.01 Å². The number of benzene rings is 1. The molecular formula is C14H14N2O5S2. The van der Waals surface area contributed by atoms with E-state index in [-0.39, 0.29) is 11.3 Å². The number of carbonyl (C=O) groups is 1. The summed E-state index contributed by atoms with van der Waals surface area (Å²) in [5.41, 5.74) is 0. The lowest BCUT2D eigenvalue weighted by molar-refractivity contribution is -0.119. The molecule has 0 radical (unpaired) electrons. The van der Waals surface area contributed by atoms with Crippen LogP contribution in [0.1, 0.15) is 11.4 Å². The van der Waals surface area contributed by atoms with Crippen LogP contribution in [0.4, 0.5) is 0 Å². The van der Waals surface area contributed by atoms with Crippen LogP contribution in [-0.2, 0) is 21.2 Å². The Morgan fingerprint density at radius 3 is 2.78 bits per heavy atom. The highest BCUT2D eigenvalue weighted by atomic mass is 32.2. The Morgan fingerprint density at radius 2 is 2.04 bits per heavy atom. The molecule has 1 aliphatic heterocycles. The molecule has 1 aromatic carbocycles. The Hall–Kier alpha value is -2.13. The number of nitrogens with zero attached hydrogens (tertiary/aromatic N) is 1. The fourth-order valence-electron chi connectivity index (χ4n) is 2.05. The molecule has 0 bridgehead atoms. The normalized spacial score (nSPS) is 13.6. The smallest absolute Gasteiger partial charge is 0.264 e. The van der Waals surface area contributed by atoms with E-state index in [0.29, 0.717) is 31.1 Å². The van der Waals surface area contributed by atoms with E-state index in [1.807, 2.05) is 0 Å². The number of nitrogens with one attached hydrogen (secondary N) is 1. The Bertz CT molecular complexity index is 803. The molecule has 2 aromatic rings. The lowest BCUT2D eigenvalue weighted by atomic mass is 10.3. The van der Waals surface area contributed by atoms with Crippen LogP contribution in [0.25, 0.3) is 0 Å². The molecule has 3 rings (SSSR count). The largest absolute Gasteiger partial charge is 0.486 e. The maximum Gasteiger partial charge on any atom is 0.264 e. The number of hydrogen-bond acceptors (Lipinski definition) is 7. The van der Waals surface area contributed by atoms with Crippen LogP contribution in [0.2, 0.25) is 0 Å². The summed E-state index contributed by atoms with van der Waals surface area (Å²) >= 11 is 1.42. The average Bonchev–Trinajstić information content (AvgIpc) is 3.05. The van der Waals surface area contributed by atoms with E-state index in [2.05, 4.69) is 9.71 Å². The second-order valence-electron chi connectivity index (χ2n) is 4.76. The van der Waals surface area contributed by atoms with Gasteiger partial charge in [0.05, 0.1) is 9.90 Å². The van der Waals surface area contributed by atoms with E-state index in [1.165, 1.54) is 29.5 Å². The van der Waals surface area contributed by atoms with E-state index in [9.17, 15) is 13.2 Å². The molecular weight excluding hydrogens is 340 g/mol. The first-order chi connectivity index (χ1) is 11.0. The lowest BCUT2D eigenvalue weighted by Gasteiger charge is -2.18. The highest BCUT2D eigenvalue weighted by molar-refractivity contribution is 7.90. The fraction of sp³-hybridized carbons (Fsp3) is 0.286. The number of ether oxygens (including phenoxy) is 2. The van der Waals surface area contributed by atoms with Gasteiger partial charge in [-0.3, -0.25) is 4.79 Å². The SMILES string of the molecule is O=C(CCc1nccs1)NS(=O)(=O)c1ccc2c(c1)OCCO2. The summed E-state index contributed by atoms with van der Waals surface area (Å²) in [6.07, 6.45) is 2.10. The van der Waals surface area contributed by atoms with Gasteiger partial charge in [-0.15, -0.1) is 11.3 Å². The molecule has 1 aromatic heterocycles. The molecule has 0 aliphatic carbocycles. The van der Waals surface area contributed by atoms with Gasteiger partial charge in [0.1, 0.15) is 13.2 Å². The van der Waals surface area contributed by atoms with E-state index < -0.39 is 15.9 Å². The van der Waals surface area contributed by atoms with Gasteiger partial charge in [-0.2, -0.15) is 0 Å². The standard InChI is InChI=1S/C14H14N2O5S2/c17-13(3-4-14-15-5-8-22-14)16-23(18,19)10-1-2-11-12(9-10)21-7-6-20-11/h1-2,5,8-9H,3-4,6-7H2,(H,16,17). The zero-order valence-corrected chi connectivity index (χ0v) is 13.7. The van der Waals surface area contributed by atoms with E-state index >= 15 is 0 Å².